The van der Waals surface area contributed by atoms with E-state index in [2.05, 4.69) is 24.1 Å². The van der Waals surface area contributed by atoms with Crippen molar-refractivity contribution >= 4 is 29.0 Å². The van der Waals surface area contributed by atoms with E-state index in [9.17, 15) is 4.79 Å². The summed E-state index contributed by atoms with van der Waals surface area (Å²) in [5.74, 6) is 5.71. The number of thiophene rings is 1. The van der Waals surface area contributed by atoms with Gasteiger partial charge in [0.25, 0.3) is 5.91 Å². The smallest absolute Gasteiger partial charge is 0.261 e. The molecule has 2 N–H and O–H groups in total. The molecular weight excluding hydrogens is 266 g/mol. The number of hydrogen-bond donors (Lipinski definition) is 2. The van der Waals surface area contributed by atoms with Crippen molar-refractivity contribution in [3.8, 4) is 11.8 Å². The molecular formula is C13H17NO2S2. The molecule has 0 aromatic carbocycles. The molecule has 1 aromatic rings. The van der Waals surface area contributed by atoms with Gasteiger partial charge < -0.3 is 10.4 Å². The zero-order valence-electron chi connectivity index (χ0n) is 10.5. The predicted octanol–water partition coefficient (Wildman–Crippen LogP) is 1.96. The first kappa shape index (κ1) is 15.1. The number of thioether (sulfide) groups is 1. The molecule has 0 aliphatic carbocycles. The van der Waals surface area contributed by atoms with Crippen LogP contribution in [0.3, 0.4) is 0 Å². The van der Waals surface area contributed by atoms with Crippen molar-refractivity contribution in [1.82, 2.24) is 5.32 Å². The lowest BCUT2D eigenvalue weighted by Crippen LogP contribution is -2.28. The highest BCUT2D eigenvalue weighted by Crippen LogP contribution is 2.15. The van der Waals surface area contributed by atoms with Crippen molar-refractivity contribution in [3.05, 3.63) is 21.9 Å². The Balaban J connectivity index is 2.52. The van der Waals surface area contributed by atoms with Gasteiger partial charge in [-0.1, -0.05) is 18.8 Å². The van der Waals surface area contributed by atoms with Gasteiger partial charge in [0.2, 0.25) is 0 Å². The summed E-state index contributed by atoms with van der Waals surface area (Å²) < 4.78 is 0. The number of aliphatic hydroxyl groups excluding tert-OH is 1. The Labute approximate surface area is 116 Å². The number of nitrogens with one attached hydrogen (secondary N) is 1. The number of rotatable bonds is 5. The van der Waals surface area contributed by atoms with Crippen LogP contribution in [0.15, 0.2) is 12.1 Å². The van der Waals surface area contributed by atoms with E-state index in [0.717, 1.165) is 4.88 Å². The van der Waals surface area contributed by atoms with E-state index in [4.69, 9.17) is 5.11 Å². The maximum Gasteiger partial charge on any atom is 0.261 e. The summed E-state index contributed by atoms with van der Waals surface area (Å²) in [5.41, 5.74) is 0. The minimum Gasteiger partial charge on any atom is -0.395 e. The standard InChI is InChI=1S/C13H17NO2S2/c1-10(17-2)9-14-13(16)12-7-6-11(18-12)5-3-4-8-15/h6-7,10,15H,4,8-9H2,1-2H3,(H,14,16). The van der Waals surface area contributed by atoms with E-state index in [1.165, 1.54) is 11.3 Å². The number of aliphatic hydroxyl groups is 1. The lowest BCUT2D eigenvalue weighted by molar-refractivity contribution is 0.0958. The number of carbonyl (C=O) groups excluding carboxylic acids is 1. The number of carbonyl (C=O) groups is 1. The van der Waals surface area contributed by atoms with Gasteiger partial charge in [-0.3, -0.25) is 4.79 Å². The van der Waals surface area contributed by atoms with Crippen LogP contribution in [0.2, 0.25) is 0 Å². The Morgan fingerprint density at radius 3 is 3.06 bits per heavy atom. The Hall–Kier alpha value is -0.960. The van der Waals surface area contributed by atoms with Gasteiger partial charge in [-0.15, -0.1) is 11.3 Å². The van der Waals surface area contributed by atoms with Crippen LogP contribution in [0.5, 0.6) is 0 Å². The molecule has 1 aromatic heterocycles. The molecule has 1 rings (SSSR count). The predicted molar refractivity (Wildman–Crippen MR) is 78.2 cm³/mol. The van der Waals surface area contributed by atoms with Crippen LogP contribution in [0.4, 0.5) is 0 Å². The van der Waals surface area contributed by atoms with Gasteiger partial charge in [-0.2, -0.15) is 11.8 Å². The van der Waals surface area contributed by atoms with E-state index in [1.807, 2.05) is 12.3 Å². The second-order valence-corrected chi connectivity index (χ2v) is 6.06. The molecule has 1 amide bonds. The summed E-state index contributed by atoms with van der Waals surface area (Å²) in [5, 5.41) is 11.9. The van der Waals surface area contributed by atoms with Crippen LogP contribution >= 0.6 is 23.1 Å². The Morgan fingerprint density at radius 2 is 2.39 bits per heavy atom. The van der Waals surface area contributed by atoms with Crippen LogP contribution in [0, 0.1) is 11.8 Å². The van der Waals surface area contributed by atoms with Gasteiger partial charge in [0.1, 0.15) is 0 Å². The van der Waals surface area contributed by atoms with Crippen molar-refractivity contribution < 1.29 is 9.90 Å². The third-order valence-electron chi connectivity index (χ3n) is 2.23. The van der Waals surface area contributed by atoms with Crippen LogP contribution in [0.1, 0.15) is 27.9 Å². The fourth-order valence-corrected chi connectivity index (χ4v) is 2.19. The van der Waals surface area contributed by atoms with E-state index >= 15 is 0 Å². The van der Waals surface area contributed by atoms with Gasteiger partial charge in [-0.05, 0) is 18.4 Å². The quantitative estimate of drug-likeness (QED) is 0.812. The van der Waals surface area contributed by atoms with Gasteiger partial charge in [-0.25, -0.2) is 0 Å². The Morgan fingerprint density at radius 1 is 1.61 bits per heavy atom. The highest BCUT2D eigenvalue weighted by atomic mass is 32.2. The van der Waals surface area contributed by atoms with Crippen LogP contribution in [0.25, 0.3) is 0 Å². The average molecular weight is 283 g/mol. The van der Waals surface area contributed by atoms with Crippen molar-refractivity contribution in [2.24, 2.45) is 0 Å². The highest BCUT2D eigenvalue weighted by Gasteiger charge is 2.09. The molecule has 0 radical (unpaired) electrons. The fraction of sp³-hybridized carbons (Fsp3) is 0.462. The molecule has 0 fully saturated rings. The molecule has 0 aliphatic rings. The normalized spacial score (nSPS) is 11.5. The van der Waals surface area contributed by atoms with Crippen molar-refractivity contribution in [2.45, 2.75) is 18.6 Å². The Kier molecular flexibility index (Phi) is 6.88. The maximum absolute atomic E-state index is 11.8. The summed E-state index contributed by atoms with van der Waals surface area (Å²) in [6, 6.07) is 3.62. The first-order chi connectivity index (χ1) is 8.67. The lowest BCUT2D eigenvalue weighted by Gasteiger charge is -2.08. The highest BCUT2D eigenvalue weighted by molar-refractivity contribution is 7.99. The molecule has 0 aliphatic heterocycles. The summed E-state index contributed by atoms with van der Waals surface area (Å²) in [7, 11) is 0. The average Bonchev–Trinajstić information content (AvgIpc) is 2.84. The van der Waals surface area contributed by atoms with Crippen LogP contribution in [-0.4, -0.2) is 35.7 Å². The Bertz CT molecular complexity index is 445. The molecule has 3 nitrogen and oxygen atoms in total. The first-order valence-electron chi connectivity index (χ1n) is 5.68. The molecule has 1 unspecified atom stereocenters. The van der Waals surface area contributed by atoms with Gasteiger partial charge in [0, 0.05) is 18.2 Å². The third kappa shape index (κ3) is 5.13. The molecule has 1 heterocycles. The van der Waals surface area contributed by atoms with E-state index in [0.29, 0.717) is 23.1 Å². The number of amides is 1. The summed E-state index contributed by atoms with van der Waals surface area (Å²) in [6.07, 6.45) is 2.49. The molecule has 0 spiro atoms. The van der Waals surface area contributed by atoms with Crippen LogP contribution < -0.4 is 5.32 Å². The molecule has 98 valence electrons. The molecule has 0 saturated carbocycles. The zero-order valence-corrected chi connectivity index (χ0v) is 12.2. The second kappa shape index (κ2) is 8.20. The van der Waals surface area contributed by atoms with Crippen molar-refractivity contribution in [2.75, 3.05) is 19.4 Å². The largest absolute Gasteiger partial charge is 0.395 e. The second-order valence-electron chi connectivity index (χ2n) is 3.70. The van der Waals surface area contributed by atoms with Gasteiger partial charge >= 0.3 is 0 Å². The van der Waals surface area contributed by atoms with Crippen LogP contribution in [-0.2, 0) is 0 Å². The topological polar surface area (TPSA) is 49.3 Å². The summed E-state index contributed by atoms with van der Waals surface area (Å²) >= 11 is 3.10. The van der Waals surface area contributed by atoms with E-state index in [1.54, 1.807) is 17.8 Å². The van der Waals surface area contributed by atoms with E-state index < -0.39 is 0 Å². The van der Waals surface area contributed by atoms with Crippen molar-refractivity contribution in [3.63, 3.8) is 0 Å². The fourth-order valence-electron chi connectivity index (χ4n) is 1.14. The lowest BCUT2D eigenvalue weighted by atomic mass is 10.3. The minimum absolute atomic E-state index is 0.0453. The molecule has 0 saturated heterocycles. The SMILES string of the molecule is CSC(C)CNC(=O)c1ccc(C#CCCO)s1. The first-order valence-corrected chi connectivity index (χ1v) is 7.78. The summed E-state index contributed by atoms with van der Waals surface area (Å²) in [4.78, 5) is 13.3. The third-order valence-corrected chi connectivity index (χ3v) is 4.20. The molecule has 0 bridgehead atoms. The zero-order chi connectivity index (χ0) is 13.4. The number of hydrogen-bond acceptors (Lipinski definition) is 4. The van der Waals surface area contributed by atoms with Gasteiger partial charge in [0.15, 0.2) is 0 Å². The maximum atomic E-state index is 11.8. The minimum atomic E-state index is -0.0453. The molecule has 1 atom stereocenters. The molecule has 18 heavy (non-hydrogen) atoms. The summed E-state index contributed by atoms with van der Waals surface area (Å²) in [6.45, 7) is 2.81. The van der Waals surface area contributed by atoms with E-state index in [-0.39, 0.29) is 12.5 Å². The van der Waals surface area contributed by atoms with Gasteiger partial charge in [0.05, 0.1) is 16.4 Å². The monoisotopic (exact) mass is 283 g/mol. The molecule has 5 heteroatoms. The van der Waals surface area contributed by atoms with Crippen molar-refractivity contribution in [1.29, 1.82) is 0 Å².